The third-order valence-electron chi connectivity index (χ3n) is 6.21. The summed E-state index contributed by atoms with van der Waals surface area (Å²) >= 11 is 0. The van der Waals surface area contributed by atoms with Crippen molar-refractivity contribution in [2.75, 3.05) is 19.1 Å². The Kier molecular flexibility index (Phi) is 5.22. The first-order valence-electron chi connectivity index (χ1n) is 10.5. The van der Waals surface area contributed by atoms with Gasteiger partial charge in [0.15, 0.2) is 0 Å². The predicted octanol–water partition coefficient (Wildman–Crippen LogP) is 3.36. The molecule has 32 heavy (non-hydrogen) atoms. The van der Waals surface area contributed by atoms with Crippen LogP contribution in [0.5, 0.6) is 11.6 Å². The number of halogens is 1. The fraction of sp³-hybridized carbons (Fsp3) is 0.292. The van der Waals surface area contributed by atoms with Crippen molar-refractivity contribution in [3.05, 3.63) is 61.1 Å². The third-order valence-corrected chi connectivity index (χ3v) is 6.21. The van der Waals surface area contributed by atoms with Gasteiger partial charge in [-0.3, -0.25) is 4.98 Å². The topological polar surface area (TPSA) is 83.4 Å². The van der Waals surface area contributed by atoms with Gasteiger partial charge in [-0.15, -0.1) is 0 Å². The lowest BCUT2D eigenvalue weighted by Crippen LogP contribution is -2.56. The summed E-state index contributed by atoms with van der Waals surface area (Å²) in [5.41, 5.74) is 2.83. The number of fused-ring (bicyclic) bond motifs is 2. The minimum atomic E-state index is -1.01. The number of benzene rings is 1. The van der Waals surface area contributed by atoms with Gasteiger partial charge in [0.05, 0.1) is 37.3 Å². The number of phenols is 1. The molecule has 164 valence electrons. The number of anilines is 1. The van der Waals surface area contributed by atoms with Gasteiger partial charge in [-0.05, 0) is 35.7 Å². The van der Waals surface area contributed by atoms with Crippen LogP contribution in [0.4, 0.5) is 10.2 Å². The summed E-state index contributed by atoms with van der Waals surface area (Å²) in [5.74, 6) is 1.20. The molecule has 4 heterocycles. The molecule has 0 saturated carbocycles. The summed E-state index contributed by atoms with van der Waals surface area (Å²) in [6.07, 6.45) is 8.50. The van der Waals surface area contributed by atoms with Crippen molar-refractivity contribution in [2.45, 2.75) is 30.7 Å². The lowest BCUT2D eigenvalue weighted by atomic mass is 9.95. The van der Waals surface area contributed by atoms with E-state index in [1.807, 2.05) is 36.2 Å². The molecule has 1 fully saturated rings. The molecule has 2 bridgehead atoms. The summed E-state index contributed by atoms with van der Waals surface area (Å²) in [4.78, 5) is 14.9. The van der Waals surface area contributed by atoms with Gasteiger partial charge < -0.3 is 20.1 Å². The molecule has 7 nitrogen and oxygen atoms in total. The summed E-state index contributed by atoms with van der Waals surface area (Å²) in [7, 11) is 3.41. The normalized spacial score (nSPS) is 23.8. The largest absolute Gasteiger partial charge is 0.507 e. The van der Waals surface area contributed by atoms with Crippen molar-refractivity contribution < 1.29 is 14.2 Å². The summed E-state index contributed by atoms with van der Waals surface area (Å²) in [5, 5.41) is 13.9. The highest BCUT2D eigenvalue weighted by Crippen LogP contribution is 2.34. The number of hydrogen-bond donors (Lipinski definition) is 2. The van der Waals surface area contributed by atoms with Crippen molar-refractivity contribution in [1.29, 1.82) is 0 Å². The first-order chi connectivity index (χ1) is 15.5. The molecule has 0 unspecified atom stereocenters. The lowest BCUT2D eigenvalue weighted by molar-refractivity contribution is 0.187. The molecule has 5 rings (SSSR count). The molecular formula is C24H24FN5O2. The number of phenolic OH excluding ortho intramolecular Hbond substituents is 1. The van der Waals surface area contributed by atoms with E-state index in [2.05, 4.69) is 20.3 Å². The molecule has 2 aliphatic rings. The van der Waals surface area contributed by atoms with Crippen LogP contribution in [-0.4, -0.2) is 58.5 Å². The minimum absolute atomic E-state index is 0.0958. The standard InChI is InChI=1S/C24H24FN5O2/c1-30(20-11-16-4-6-18(29-16)24(20)25)22-13-27-19(12-28-22)17-5-3-14(9-21(17)31)15-7-8-26-23(10-15)32-2/h3-10,12-13,16,18,20,24,29,31H,11H2,1-2H3/t16-,18+,20-,24+/m1/s1. The summed E-state index contributed by atoms with van der Waals surface area (Å²) in [6.45, 7) is 0. The van der Waals surface area contributed by atoms with E-state index in [9.17, 15) is 9.50 Å². The highest BCUT2D eigenvalue weighted by atomic mass is 19.1. The highest BCUT2D eigenvalue weighted by molar-refractivity contribution is 5.74. The maximum Gasteiger partial charge on any atom is 0.213 e. The molecule has 0 radical (unpaired) electrons. The van der Waals surface area contributed by atoms with Crippen molar-refractivity contribution in [3.63, 3.8) is 0 Å². The number of aromatic nitrogens is 3. The van der Waals surface area contributed by atoms with Crippen LogP contribution in [0.3, 0.4) is 0 Å². The molecule has 1 saturated heterocycles. The van der Waals surface area contributed by atoms with Crippen LogP contribution in [0.2, 0.25) is 0 Å². The van der Waals surface area contributed by atoms with Gasteiger partial charge in [0.2, 0.25) is 5.88 Å². The van der Waals surface area contributed by atoms with Crippen molar-refractivity contribution in [2.24, 2.45) is 0 Å². The van der Waals surface area contributed by atoms with Gasteiger partial charge in [0.25, 0.3) is 0 Å². The average molecular weight is 433 g/mol. The molecular weight excluding hydrogens is 409 g/mol. The van der Waals surface area contributed by atoms with Crippen LogP contribution in [0.25, 0.3) is 22.4 Å². The van der Waals surface area contributed by atoms with Gasteiger partial charge in [-0.25, -0.2) is 14.4 Å². The van der Waals surface area contributed by atoms with Crippen LogP contribution >= 0.6 is 0 Å². The first-order valence-corrected chi connectivity index (χ1v) is 10.5. The Labute approximate surface area is 185 Å². The fourth-order valence-corrected chi connectivity index (χ4v) is 4.40. The smallest absolute Gasteiger partial charge is 0.213 e. The van der Waals surface area contributed by atoms with Gasteiger partial charge in [0, 0.05) is 30.9 Å². The van der Waals surface area contributed by atoms with Crippen molar-refractivity contribution in [1.82, 2.24) is 20.3 Å². The Morgan fingerprint density at radius 2 is 1.94 bits per heavy atom. The van der Waals surface area contributed by atoms with Gasteiger partial charge >= 0.3 is 0 Å². The van der Waals surface area contributed by atoms with Crippen LogP contribution in [-0.2, 0) is 0 Å². The van der Waals surface area contributed by atoms with E-state index in [1.165, 1.54) is 0 Å². The number of hydrogen-bond acceptors (Lipinski definition) is 7. The van der Waals surface area contributed by atoms with Gasteiger partial charge in [-0.1, -0.05) is 18.2 Å². The third kappa shape index (κ3) is 3.67. The van der Waals surface area contributed by atoms with E-state index < -0.39 is 6.17 Å². The molecule has 2 N–H and O–H groups in total. The zero-order chi connectivity index (χ0) is 22.2. The molecule has 8 heteroatoms. The molecule has 0 spiro atoms. The number of nitrogens with zero attached hydrogens (tertiary/aromatic N) is 4. The molecule has 2 aliphatic heterocycles. The number of ether oxygens (including phenoxy) is 1. The average Bonchev–Trinajstić information content (AvgIpc) is 3.24. The quantitative estimate of drug-likeness (QED) is 0.597. The summed E-state index contributed by atoms with van der Waals surface area (Å²) < 4.78 is 20.0. The number of pyridine rings is 1. The second kappa shape index (κ2) is 8.20. The van der Waals surface area contributed by atoms with Crippen molar-refractivity contribution >= 4 is 5.82 Å². The monoisotopic (exact) mass is 433 g/mol. The Balaban J connectivity index is 1.36. The zero-order valence-corrected chi connectivity index (χ0v) is 17.8. The Morgan fingerprint density at radius 1 is 1.09 bits per heavy atom. The van der Waals surface area contributed by atoms with Crippen LogP contribution < -0.4 is 15.0 Å². The van der Waals surface area contributed by atoms with E-state index in [4.69, 9.17) is 4.74 Å². The van der Waals surface area contributed by atoms with Gasteiger partial charge in [0.1, 0.15) is 17.7 Å². The van der Waals surface area contributed by atoms with Crippen LogP contribution in [0.15, 0.2) is 61.1 Å². The molecule has 3 aromatic rings. The maximum atomic E-state index is 14.8. The van der Waals surface area contributed by atoms with E-state index in [0.717, 1.165) is 11.1 Å². The minimum Gasteiger partial charge on any atom is -0.507 e. The van der Waals surface area contributed by atoms with E-state index >= 15 is 0 Å². The summed E-state index contributed by atoms with van der Waals surface area (Å²) in [6, 6.07) is 8.72. The molecule has 0 aliphatic carbocycles. The van der Waals surface area contributed by atoms with Crippen LogP contribution in [0.1, 0.15) is 6.42 Å². The fourth-order valence-electron chi connectivity index (χ4n) is 4.40. The number of methoxy groups -OCH3 is 1. The Bertz CT molecular complexity index is 1150. The second-order valence-electron chi connectivity index (χ2n) is 8.12. The highest BCUT2D eigenvalue weighted by Gasteiger charge is 2.41. The number of aromatic hydroxyl groups is 1. The zero-order valence-electron chi connectivity index (χ0n) is 17.8. The molecule has 4 atom stereocenters. The van der Waals surface area contributed by atoms with E-state index in [0.29, 0.717) is 29.4 Å². The number of piperidine rings is 1. The SMILES string of the molecule is COc1cc(-c2ccc(-c3cnc(N(C)[C@@H]4C[C@H]5C=C[C@H](N5)[C@@H]4F)cn3)c(O)c2)ccn1. The van der Waals surface area contributed by atoms with Gasteiger partial charge in [-0.2, -0.15) is 0 Å². The number of alkyl halides is 1. The predicted molar refractivity (Wildman–Crippen MR) is 120 cm³/mol. The Hall–Kier alpha value is -3.52. The number of rotatable bonds is 5. The number of nitrogens with one attached hydrogen (secondary N) is 1. The molecule has 1 aromatic carbocycles. The van der Waals surface area contributed by atoms with E-state index in [-0.39, 0.29) is 23.9 Å². The van der Waals surface area contributed by atoms with Crippen molar-refractivity contribution in [3.8, 4) is 34.0 Å². The van der Waals surface area contributed by atoms with E-state index in [1.54, 1.807) is 43.9 Å². The first kappa shape index (κ1) is 20.4. The molecule has 0 amide bonds. The maximum absolute atomic E-state index is 14.8. The Morgan fingerprint density at radius 3 is 2.69 bits per heavy atom. The lowest BCUT2D eigenvalue weighted by Gasteiger charge is -2.38. The molecule has 2 aromatic heterocycles. The second-order valence-corrected chi connectivity index (χ2v) is 8.12. The van der Waals surface area contributed by atoms with Crippen LogP contribution in [0, 0.1) is 0 Å².